The van der Waals surface area contributed by atoms with Crippen LogP contribution in [0.1, 0.15) is 10.4 Å². The summed E-state index contributed by atoms with van der Waals surface area (Å²) >= 11 is 14.5. The van der Waals surface area contributed by atoms with E-state index in [1.807, 2.05) is 6.07 Å². The highest BCUT2D eigenvalue weighted by Crippen LogP contribution is 2.30. The molecule has 0 bridgehead atoms. The fourth-order valence-electron chi connectivity index (χ4n) is 0.813. The molecular formula is C8H4Br2ClIO. The van der Waals surface area contributed by atoms with Crippen molar-refractivity contribution in [2.75, 3.05) is 5.33 Å². The molecule has 0 radical (unpaired) electrons. The molecule has 1 rings (SSSR count). The van der Waals surface area contributed by atoms with Gasteiger partial charge in [-0.05, 0) is 50.7 Å². The van der Waals surface area contributed by atoms with E-state index in [-0.39, 0.29) is 5.78 Å². The molecular weight excluding hydrogens is 434 g/mol. The fraction of sp³-hybridized carbons (Fsp3) is 0.125. The maximum atomic E-state index is 11.3. The average Bonchev–Trinajstić information content (AvgIpc) is 2.13. The minimum absolute atomic E-state index is 0.00424. The smallest absolute Gasteiger partial charge is 0.174 e. The van der Waals surface area contributed by atoms with Crippen LogP contribution in [0.15, 0.2) is 16.6 Å². The third kappa shape index (κ3) is 2.67. The van der Waals surface area contributed by atoms with Crippen molar-refractivity contribution in [2.24, 2.45) is 0 Å². The van der Waals surface area contributed by atoms with Crippen molar-refractivity contribution in [1.29, 1.82) is 0 Å². The highest BCUT2D eigenvalue weighted by Gasteiger charge is 2.12. The normalized spacial score (nSPS) is 10.2. The number of Topliss-reactive ketones (excluding diaryl/α,β-unsaturated/α-hetero) is 1. The maximum Gasteiger partial charge on any atom is 0.174 e. The van der Waals surface area contributed by atoms with E-state index in [9.17, 15) is 4.79 Å². The summed E-state index contributed by atoms with van der Waals surface area (Å²) in [7, 11) is 0. The Bertz CT molecular complexity index is 354. The zero-order valence-electron chi connectivity index (χ0n) is 6.28. The Balaban J connectivity index is 3.26. The predicted octanol–water partition coefficient (Wildman–Crippen LogP) is 4.28. The van der Waals surface area contributed by atoms with Crippen molar-refractivity contribution >= 4 is 71.8 Å². The zero-order valence-corrected chi connectivity index (χ0v) is 12.4. The molecule has 0 aliphatic carbocycles. The van der Waals surface area contributed by atoms with E-state index in [1.54, 1.807) is 6.07 Å². The number of rotatable bonds is 2. The van der Waals surface area contributed by atoms with Gasteiger partial charge in [-0.3, -0.25) is 4.79 Å². The van der Waals surface area contributed by atoms with Crippen molar-refractivity contribution in [1.82, 2.24) is 0 Å². The molecule has 13 heavy (non-hydrogen) atoms. The third-order valence-corrected chi connectivity index (χ3v) is 5.20. The van der Waals surface area contributed by atoms with Gasteiger partial charge in [0.1, 0.15) is 0 Å². The quantitative estimate of drug-likeness (QED) is 0.292. The predicted molar refractivity (Wildman–Crippen MR) is 70.0 cm³/mol. The van der Waals surface area contributed by atoms with Crippen molar-refractivity contribution in [2.45, 2.75) is 0 Å². The van der Waals surface area contributed by atoms with Crippen LogP contribution < -0.4 is 0 Å². The molecule has 0 fully saturated rings. The van der Waals surface area contributed by atoms with E-state index in [4.69, 9.17) is 11.6 Å². The molecule has 1 nitrogen and oxygen atoms in total. The monoisotopic (exact) mass is 436 g/mol. The van der Waals surface area contributed by atoms with Crippen LogP contribution in [0.2, 0.25) is 5.02 Å². The molecule has 0 atom stereocenters. The fourth-order valence-corrected chi connectivity index (χ4v) is 2.30. The Morgan fingerprint density at radius 3 is 2.69 bits per heavy atom. The zero-order chi connectivity index (χ0) is 10.0. The molecule has 0 amide bonds. The lowest BCUT2D eigenvalue weighted by Crippen LogP contribution is -2.01. The second-order valence-corrected chi connectivity index (χ2v) is 5.15. The number of ketones is 1. The van der Waals surface area contributed by atoms with Gasteiger partial charge in [0.2, 0.25) is 0 Å². The number of hydrogen-bond donors (Lipinski definition) is 0. The number of benzene rings is 1. The molecule has 0 aliphatic heterocycles. The first-order chi connectivity index (χ1) is 6.07. The first-order valence-electron chi connectivity index (χ1n) is 3.30. The summed E-state index contributed by atoms with van der Waals surface area (Å²) in [4.78, 5) is 11.3. The van der Waals surface area contributed by atoms with Gasteiger partial charge in [-0.2, -0.15) is 0 Å². The van der Waals surface area contributed by atoms with Crippen molar-refractivity contribution in [3.8, 4) is 0 Å². The molecule has 0 heterocycles. The van der Waals surface area contributed by atoms with E-state index in [0.717, 1.165) is 8.04 Å². The summed E-state index contributed by atoms with van der Waals surface area (Å²) in [5, 5.41) is 0.809. The molecule has 0 aliphatic rings. The molecule has 1 aromatic carbocycles. The van der Waals surface area contributed by atoms with Gasteiger partial charge < -0.3 is 0 Å². The van der Waals surface area contributed by atoms with Gasteiger partial charge in [-0.25, -0.2) is 0 Å². The van der Waals surface area contributed by atoms with Crippen LogP contribution in [-0.4, -0.2) is 11.1 Å². The topological polar surface area (TPSA) is 17.1 Å². The molecule has 5 heteroatoms. The maximum absolute atomic E-state index is 11.3. The average molecular weight is 438 g/mol. The third-order valence-electron chi connectivity index (χ3n) is 1.46. The van der Waals surface area contributed by atoms with Gasteiger partial charge in [0.15, 0.2) is 5.78 Å². The largest absolute Gasteiger partial charge is 0.293 e. The number of alkyl halides is 1. The summed E-state index contributed by atoms with van der Waals surface area (Å²) in [6.45, 7) is 0. The van der Waals surface area contributed by atoms with Crippen molar-refractivity contribution in [3.05, 3.63) is 30.8 Å². The summed E-state index contributed by atoms with van der Waals surface area (Å²) in [6.07, 6.45) is 0. The molecule has 0 unspecified atom stereocenters. The van der Waals surface area contributed by atoms with Crippen LogP contribution in [-0.2, 0) is 0 Å². The van der Waals surface area contributed by atoms with Gasteiger partial charge in [0.05, 0.1) is 10.4 Å². The highest BCUT2D eigenvalue weighted by molar-refractivity contribution is 14.1. The van der Waals surface area contributed by atoms with Crippen molar-refractivity contribution in [3.63, 3.8) is 0 Å². The Morgan fingerprint density at radius 1 is 1.54 bits per heavy atom. The molecule has 0 spiro atoms. The van der Waals surface area contributed by atoms with Crippen LogP contribution in [0.3, 0.4) is 0 Å². The molecule has 0 aromatic heterocycles. The summed E-state index contributed by atoms with van der Waals surface area (Å²) in [5.41, 5.74) is 0.561. The van der Waals surface area contributed by atoms with Gasteiger partial charge in [-0.1, -0.05) is 27.5 Å². The molecule has 0 saturated heterocycles. The Labute approximate surface area is 112 Å². The number of carbonyl (C=O) groups excluding carboxylic acids is 1. The summed E-state index contributed by atoms with van der Waals surface area (Å²) in [5.74, 6) is -0.00424. The Morgan fingerprint density at radius 2 is 2.15 bits per heavy atom. The van der Waals surface area contributed by atoms with Crippen LogP contribution >= 0.6 is 66.1 Å². The Kier molecular flexibility index (Phi) is 4.68. The number of carbonyl (C=O) groups is 1. The second-order valence-electron chi connectivity index (χ2n) is 2.28. The van der Waals surface area contributed by atoms with E-state index >= 15 is 0 Å². The number of halogens is 4. The van der Waals surface area contributed by atoms with Crippen molar-refractivity contribution < 1.29 is 4.79 Å². The van der Waals surface area contributed by atoms with Crippen LogP contribution in [0.4, 0.5) is 0 Å². The standard InChI is InChI=1S/C8H4Br2ClIO/c9-3-6(13)4-1-2-5(10)8(12)7(4)11/h1-2H,3H2. The van der Waals surface area contributed by atoms with Gasteiger partial charge in [0, 0.05) is 13.6 Å². The van der Waals surface area contributed by atoms with E-state index in [2.05, 4.69) is 54.5 Å². The van der Waals surface area contributed by atoms with Gasteiger partial charge in [-0.15, -0.1) is 0 Å². The van der Waals surface area contributed by atoms with Gasteiger partial charge >= 0.3 is 0 Å². The van der Waals surface area contributed by atoms with Crippen LogP contribution in [0, 0.1) is 3.57 Å². The molecule has 0 N–H and O–H groups in total. The molecule has 70 valence electrons. The minimum atomic E-state index is -0.00424. The molecule has 0 saturated carbocycles. The van der Waals surface area contributed by atoms with Crippen LogP contribution in [0.5, 0.6) is 0 Å². The lowest BCUT2D eigenvalue weighted by atomic mass is 10.1. The first kappa shape index (κ1) is 11.9. The SMILES string of the molecule is O=C(CBr)c1ccc(Br)c(I)c1Cl. The van der Waals surface area contributed by atoms with E-state index < -0.39 is 0 Å². The van der Waals surface area contributed by atoms with Crippen LogP contribution in [0.25, 0.3) is 0 Å². The first-order valence-corrected chi connectivity index (χ1v) is 6.67. The highest BCUT2D eigenvalue weighted by atomic mass is 127. The van der Waals surface area contributed by atoms with E-state index in [0.29, 0.717) is 15.9 Å². The van der Waals surface area contributed by atoms with Gasteiger partial charge in [0.25, 0.3) is 0 Å². The summed E-state index contributed by atoms with van der Waals surface area (Å²) < 4.78 is 1.77. The minimum Gasteiger partial charge on any atom is -0.293 e. The second kappa shape index (κ2) is 5.09. The Hall–Kier alpha value is 0.870. The number of hydrogen-bond acceptors (Lipinski definition) is 1. The molecule has 1 aromatic rings. The lowest BCUT2D eigenvalue weighted by molar-refractivity contribution is 0.102. The van der Waals surface area contributed by atoms with E-state index in [1.165, 1.54) is 0 Å². The lowest BCUT2D eigenvalue weighted by Gasteiger charge is -2.04. The summed E-state index contributed by atoms with van der Waals surface area (Å²) in [6, 6.07) is 3.54.